The maximum atomic E-state index is 11.7. The molecule has 0 saturated carbocycles. The average Bonchev–Trinajstić information content (AvgIpc) is 3.39. The smallest absolute Gasteiger partial charge is 0.252 e. The van der Waals surface area contributed by atoms with E-state index in [0.717, 1.165) is 11.3 Å². The Morgan fingerprint density at radius 1 is 1.14 bits per heavy atom. The van der Waals surface area contributed by atoms with Crippen molar-refractivity contribution in [1.82, 2.24) is 10.5 Å². The molecule has 4 N–H and O–H groups in total. The van der Waals surface area contributed by atoms with E-state index in [1.165, 1.54) is 0 Å². The van der Waals surface area contributed by atoms with Gasteiger partial charge >= 0.3 is 0 Å². The number of para-hydroxylation sites is 1. The van der Waals surface area contributed by atoms with Crippen LogP contribution in [-0.4, -0.2) is 16.9 Å². The van der Waals surface area contributed by atoms with Gasteiger partial charge in [0.1, 0.15) is 5.69 Å². The Labute approximate surface area is 165 Å². The van der Waals surface area contributed by atoms with Crippen LogP contribution in [0.4, 0.5) is 5.69 Å². The fraction of sp³-hybridized carbons (Fsp3) is 0.0952. The molecule has 1 unspecified atom stereocenters. The summed E-state index contributed by atoms with van der Waals surface area (Å²) in [6, 6.07) is 17.0. The molecule has 0 spiro atoms. The lowest BCUT2D eigenvalue weighted by Gasteiger charge is -2.21. The Morgan fingerprint density at radius 3 is 2.83 bits per heavy atom. The van der Waals surface area contributed by atoms with Gasteiger partial charge in [-0.25, -0.2) is 4.99 Å². The number of nitrogens with one attached hydrogen (secondary N) is 2. The van der Waals surface area contributed by atoms with E-state index in [2.05, 4.69) is 15.8 Å². The molecule has 1 amide bonds. The quantitative estimate of drug-likeness (QED) is 0.495. The van der Waals surface area contributed by atoms with Crippen LogP contribution >= 0.6 is 0 Å². The SMILES string of the molecule is NC(=O)c1cccc2c(C3N=C(NCc4ccccc4)c4occc4N3)noc12. The number of aromatic nitrogens is 1. The van der Waals surface area contributed by atoms with Crippen LogP contribution in [0.15, 0.2) is 74.8 Å². The summed E-state index contributed by atoms with van der Waals surface area (Å²) in [5.41, 5.74) is 8.56. The molecule has 29 heavy (non-hydrogen) atoms. The summed E-state index contributed by atoms with van der Waals surface area (Å²) >= 11 is 0. The summed E-state index contributed by atoms with van der Waals surface area (Å²) < 4.78 is 11.0. The second kappa shape index (κ2) is 6.83. The van der Waals surface area contributed by atoms with Gasteiger partial charge in [0.05, 0.1) is 17.5 Å². The average molecular weight is 387 g/mol. The first-order valence-corrected chi connectivity index (χ1v) is 9.09. The van der Waals surface area contributed by atoms with Crippen LogP contribution in [0.2, 0.25) is 0 Å². The number of fused-ring (bicyclic) bond motifs is 2. The number of hydrogen-bond donors (Lipinski definition) is 3. The Hall–Kier alpha value is -4.07. The standard InChI is InChI=1S/C21H17N5O3/c22-19(27)14-8-4-7-13-16(26-29-17(13)14)20-24-15-9-10-28-18(15)21(25-20)23-11-12-5-2-1-3-6-12/h1-10,20,24H,11H2,(H2,22,27)(H,23,25). The molecule has 1 atom stereocenters. The first kappa shape index (κ1) is 17.1. The van der Waals surface area contributed by atoms with Gasteiger partial charge < -0.3 is 25.3 Å². The number of amides is 1. The van der Waals surface area contributed by atoms with Crippen LogP contribution in [0.3, 0.4) is 0 Å². The molecular weight excluding hydrogens is 370 g/mol. The van der Waals surface area contributed by atoms with Gasteiger partial charge in [0.2, 0.25) is 0 Å². The monoisotopic (exact) mass is 387 g/mol. The molecule has 2 aromatic heterocycles. The molecule has 8 nitrogen and oxygen atoms in total. The fourth-order valence-electron chi connectivity index (χ4n) is 3.38. The van der Waals surface area contributed by atoms with Crippen molar-refractivity contribution in [3.63, 3.8) is 0 Å². The molecule has 1 aliphatic rings. The number of furan rings is 1. The second-order valence-electron chi connectivity index (χ2n) is 6.64. The number of carbonyl (C=O) groups is 1. The number of primary amides is 1. The molecule has 8 heteroatoms. The van der Waals surface area contributed by atoms with Crippen molar-refractivity contribution >= 4 is 28.4 Å². The Bertz CT molecular complexity index is 1230. The van der Waals surface area contributed by atoms with Crippen molar-refractivity contribution in [3.05, 3.63) is 83.4 Å². The normalized spacial score (nSPS) is 15.4. The number of aliphatic imine (C=N–C) groups is 1. The molecule has 0 saturated heterocycles. The lowest BCUT2D eigenvalue weighted by atomic mass is 10.1. The Kier molecular flexibility index (Phi) is 4.02. The third kappa shape index (κ3) is 3.00. The fourth-order valence-corrected chi connectivity index (χ4v) is 3.38. The van der Waals surface area contributed by atoms with Crippen LogP contribution in [0.25, 0.3) is 11.0 Å². The topological polar surface area (TPSA) is 119 Å². The molecule has 4 aromatic rings. The van der Waals surface area contributed by atoms with Gasteiger partial charge in [0.25, 0.3) is 5.91 Å². The zero-order chi connectivity index (χ0) is 19.8. The van der Waals surface area contributed by atoms with Crippen LogP contribution in [0, 0.1) is 0 Å². The van der Waals surface area contributed by atoms with E-state index < -0.39 is 12.1 Å². The highest BCUT2D eigenvalue weighted by Crippen LogP contribution is 2.33. The third-order valence-electron chi connectivity index (χ3n) is 4.78. The Balaban J connectivity index is 1.51. The summed E-state index contributed by atoms with van der Waals surface area (Å²) in [7, 11) is 0. The van der Waals surface area contributed by atoms with Crippen molar-refractivity contribution in [2.75, 3.05) is 5.32 Å². The van der Waals surface area contributed by atoms with Crippen LogP contribution in [-0.2, 0) is 6.54 Å². The number of nitrogens with zero attached hydrogens (tertiary/aromatic N) is 2. The summed E-state index contributed by atoms with van der Waals surface area (Å²) in [4.78, 5) is 16.4. The van der Waals surface area contributed by atoms with E-state index in [1.54, 1.807) is 18.4 Å². The number of anilines is 1. The van der Waals surface area contributed by atoms with Gasteiger partial charge in [-0.1, -0.05) is 41.6 Å². The third-order valence-corrected chi connectivity index (χ3v) is 4.78. The first-order valence-electron chi connectivity index (χ1n) is 9.09. The molecule has 0 bridgehead atoms. The number of hydrogen-bond acceptors (Lipinski definition) is 7. The highest BCUT2D eigenvalue weighted by Gasteiger charge is 2.28. The minimum Gasteiger partial charge on any atom is -0.459 e. The molecular formula is C21H17N5O3. The van der Waals surface area contributed by atoms with Crippen molar-refractivity contribution in [3.8, 4) is 0 Å². The summed E-state index contributed by atoms with van der Waals surface area (Å²) in [6.07, 6.45) is 1.09. The predicted molar refractivity (Wildman–Crippen MR) is 107 cm³/mol. The molecule has 0 aliphatic carbocycles. The number of amidine groups is 1. The first-order chi connectivity index (χ1) is 14.2. The molecule has 1 aliphatic heterocycles. The van der Waals surface area contributed by atoms with E-state index >= 15 is 0 Å². The van der Waals surface area contributed by atoms with E-state index in [0.29, 0.717) is 34.8 Å². The Morgan fingerprint density at radius 2 is 2.00 bits per heavy atom. The minimum absolute atomic E-state index is 0.285. The van der Waals surface area contributed by atoms with Gasteiger partial charge in [0.15, 0.2) is 23.3 Å². The lowest BCUT2D eigenvalue weighted by molar-refractivity contribution is 0.100. The van der Waals surface area contributed by atoms with E-state index in [-0.39, 0.29) is 5.56 Å². The van der Waals surface area contributed by atoms with Crippen molar-refractivity contribution in [2.45, 2.75) is 12.7 Å². The van der Waals surface area contributed by atoms with Crippen molar-refractivity contribution < 1.29 is 13.7 Å². The molecule has 3 heterocycles. The largest absolute Gasteiger partial charge is 0.459 e. The zero-order valence-corrected chi connectivity index (χ0v) is 15.3. The van der Waals surface area contributed by atoms with Crippen molar-refractivity contribution in [2.24, 2.45) is 10.7 Å². The van der Waals surface area contributed by atoms with Gasteiger partial charge in [0, 0.05) is 18.0 Å². The number of nitrogens with two attached hydrogens (primary N) is 1. The maximum absolute atomic E-state index is 11.7. The van der Waals surface area contributed by atoms with Gasteiger partial charge in [-0.2, -0.15) is 0 Å². The second-order valence-corrected chi connectivity index (χ2v) is 6.64. The lowest BCUT2D eigenvalue weighted by Crippen LogP contribution is -2.29. The highest BCUT2D eigenvalue weighted by molar-refractivity contribution is 6.05. The van der Waals surface area contributed by atoms with Gasteiger partial charge in [-0.05, 0) is 17.7 Å². The molecule has 5 rings (SSSR count). The number of rotatable bonds is 4. The summed E-state index contributed by atoms with van der Waals surface area (Å²) in [6.45, 7) is 0.595. The molecule has 2 aromatic carbocycles. The van der Waals surface area contributed by atoms with Crippen molar-refractivity contribution in [1.29, 1.82) is 0 Å². The summed E-state index contributed by atoms with van der Waals surface area (Å²) in [5, 5.41) is 11.5. The van der Waals surface area contributed by atoms with Gasteiger partial charge in [-0.15, -0.1) is 0 Å². The molecule has 0 radical (unpaired) electrons. The number of benzene rings is 2. The van der Waals surface area contributed by atoms with Crippen LogP contribution < -0.4 is 16.4 Å². The minimum atomic E-state index is -0.569. The molecule has 0 fully saturated rings. The van der Waals surface area contributed by atoms with Gasteiger partial charge in [-0.3, -0.25) is 4.79 Å². The number of carbonyl (C=O) groups excluding carboxylic acids is 1. The van der Waals surface area contributed by atoms with Crippen LogP contribution in [0.1, 0.15) is 33.5 Å². The maximum Gasteiger partial charge on any atom is 0.252 e. The zero-order valence-electron chi connectivity index (χ0n) is 15.3. The van der Waals surface area contributed by atoms with E-state index in [4.69, 9.17) is 19.7 Å². The molecule has 144 valence electrons. The highest BCUT2D eigenvalue weighted by atomic mass is 16.5. The van der Waals surface area contributed by atoms with Crippen LogP contribution in [0.5, 0.6) is 0 Å². The predicted octanol–water partition coefficient (Wildman–Crippen LogP) is 3.18. The van der Waals surface area contributed by atoms with E-state index in [1.807, 2.05) is 42.5 Å². The summed E-state index contributed by atoms with van der Waals surface area (Å²) in [5.74, 6) is 0.670. The van der Waals surface area contributed by atoms with E-state index in [9.17, 15) is 4.79 Å².